The third-order valence-electron chi connectivity index (χ3n) is 3.96. The third-order valence-corrected chi connectivity index (χ3v) is 4.40. The van der Waals surface area contributed by atoms with Crippen LogP contribution in [0.25, 0.3) is 0 Å². The molecule has 0 spiro atoms. The summed E-state index contributed by atoms with van der Waals surface area (Å²) >= 11 is 0. The minimum Gasteiger partial charge on any atom is -0.480 e. The molecule has 7 N–H and O–H groups in total. The van der Waals surface area contributed by atoms with Crippen molar-refractivity contribution in [2.24, 2.45) is 11.7 Å². The molecule has 0 saturated heterocycles. The van der Waals surface area contributed by atoms with Gasteiger partial charge in [0.25, 0.3) is 0 Å². The van der Waals surface area contributed by atoms with Crippen LogP contribution in [0.1, 0.15) is 32.8 Å². The number of hydrogen-bond acceptors (Lipinski definition) is 6. The van der Waals surface area contributed by atoms with Crippen molar-refractivity contribution in [1.82, 2.24) is 10.6 Å². The summed E-state index contributed by atoms with van der Waals surface area (Å²) in [6, 6.07) is 2.42. The molecule has 1 aromatic carbocycles. The fourth-order valence-corrected chi connectivity index (χ4v) is 2.93. The van der Waals surface area contributed by atoms with Crippen LogP contribution in [0.3, 0.4) is 0 Å². The quantitative estimate of drug-likeness (QED) is 0.258. The summed E-state index contributed by atoms with van der Waals surface area (Å²) in [5.41, 5.74) is 6.08. The van der Waals surface area contributed by atoms with Gasteiger partial charge in [-0.05, 0) is 37.0 Å². The largest absolute Gasteiger partial charge is 0.524 e. The number of aliphatic carboxylic acids is 1. The number of carbonyl (C=O) groups is 3. The predicted octanol–water partition coefficient (Wildman–Crippen LogP) is 0.148. The van der Waals surface area contributed by atoms with E-state index in [1.165, 1.54) is 31.2 Å². The maximum atomic E-state index is 12.7. The SMILES string of the molecule is CC(C)C[C@H](NC(=O)[C@H](Cc1ccc(OP(=O)(O)O)cc1)NC(=O)[C@H](C)N)C(=O)O. The minimum absolute atomic E-state index is 0.00545. The Morgan fingerprint density at radius 3 is 2.00 bits per heavy atom. The molecule has 0 fully saturated rings. The number of carbonyl (C=O) groups excluding carboxylic acids is 2. The molecule has 3 atom stereocenters. The Labute approximate surface area is 174 Å². The van der Waals surface area contributed by atoms with Crippen molar-refractivity contribution in [3.63, 3.8) is 0 Å². The molecule has 0 aliphatic rings. The van der Waals surface area contributed by atoms with E-state index in [0.29, 0.717) is 5.56 Å². The van der Waals surface area contributed by atoms with Crippen molar-refractivity contribution < 1.29 is 38.4 Å². The van der Waals surface area contributed by atoms with Crippen molar-refractivity contribution >= 4 is 25.6 Å². The molecule has 0 radical (unpaired) electrons. The molecule has 168 valence electrons. The summed E-state index contributed by atoms with van der Waals surface area (Å²) in [6.07, 6.45) is 0.206. The second-order valence-corrected chi connectivity index (χ2v) is 8.47. The molecule has 0 aliphatic heterocycles. The lowest BCUT2D eigenvalue weighted by molar-refractivity contribution is -0.142. The van der Waals surface area contributed by atoms with E-state index in [9.17, 15) is 24.1 Å². The number of phosphoric acid groups is 1. The normalized spacial score (nSPS) is 14.5. The zero-order valence-electron chi connectivity index (χ0n) is 16.9. The third kappa shape index (κ3) is 9.36. The maximum absolute atomic E-state index is 12.7. The van der Waals surface area contributed by atoms with E-state index in [1.807, 2.05) is 13.8 Å². The van der Waals surface area contributed by atoms with Crippen LogP contribution < -0.4 is 20.9 Å². The van der Waals surface area contributed by atoms with Crippen molar-refractivity contribution in [1.29, 1.82) is 0 Å². The van der Waals surface area contributed by atoms with Gasteiger partial charge in [0.2, 0.25) is 11.8 Å². The molecule has 0 unspecified atom stereocenters. The summed E-state index contributed by atoms with van der Waals surface area (Å²) in [4.78, 5) is 53.8. The highest BCUT2D eigenvalue weighted by Gasteiger charge is 2.28. The van der Waals surface area contributed by atoms with Gasteiger partial charge in [-0.2, -0.15) is 0 Å². The Morgan fingerprint density at radius 2 is 1.57 bits per heavy atom. The Morgan fingerprint density at radius 1 is 1.03 bits per heavy atom. The second kappa shape index (κ2) is 11.1. The summed E-state index contributed by atoms with van der Waals surface area (Å²) in [7, 11) is -4.70. The average molecular weight is 445 g/mol. The lowest BCUT2D eigenvalue weighted by Crippen LogP contribution is -2.55. The molecule has 12 heteroatoms. The number of hydrogen-bond donors (Lipinski definition) is 6. The van der Waals surface area contributed by atoms with E-state index >= 15 is 0 Å². The van der Waals surface area contributed by atoms with Gasteiger partial charge in [0.05, 0.1) is 6.04 Å². The standard InChI is InChI=1S/C18H28N3O8P/c1-10(2)8-15(18(24)25)21-17(23)14(20-16(22)11(3)19)9-12-4-6-13(7-5-12)29-30(26,27)28/h4-7,10-11,14-15H,8-9,19H2,1-3H3,(H,20,22)(H,21,23)(H,24,25)(H2,26,27,28)/t11-,14-,15-/m0/s1. The lowest BCUT2D eigenvalue weighted by atomic mass is 10.0. The van der Waals surface area contributed by atoms with E-state index in [1.54, 1.807) is 0 Å². The van der Waals surface area contributed by atoms with Gasteiger partial charge in [0.1, 0.15) is 17.8 Å². The Balaban J connectivity index is 2.99. The monoisotopic (exact) mass is 445 g/mol. The summed E-state index contributed by atoms with van der Waals surface area (Å²) in [5.74, 6) is -2.52. The van der Waals surface area contributed by atoms with Crippen molar-refractivity contribution in [3.8, 4) is 5.75 Å². The molecule has 30 heavy (non-hydrogen) atoms. The molecule has 0 bridgehead atoms. The van der Waals surface area contributed by atoms with Gasteiger partial charge >= 0.3 is 13.8 Å². The smallest absolute Gasteiger partial charge is 0.480 e. The molecule has 0 saturated carbocycles. The number of phosphoric ester groups is 1. The highest BCUT2D eigenvalue weighted by molar-refractivity contribution is 7.46. The van der Waals surface area contributed by atoms with Gasteiger partial charge in [0, 0.05) is 6.42 Å². The number of benzene rings is 1. The van der Waals surface area contributed by atoms with Gasteiger partial charge in [-0.1, -0.05) is 26.0 Å². The summed E-state index contributed by atoms with van der Waals surface area (Å²) < 4.78 is 15.3. The van der Waals surface area contributed by atoms with E-state index in [4.69, 9.17) is 15.5 Å². The molecule has 0 aliphatic carbocycles. The predicted molar refractivity (Wildman–Crippen MR) is 107 cm³/mol. The minimum atomic E-state index is -4.70. The van der Waals surface area contributed by atoms with Crippen LogP contribution in [0.15, 0.2) is 24.3 Å². The van der Waals surface area contributed by atoms with Crippen LogP contribution in [0, 0.1) is 5.92 Å². The Bertz CT molecular complexity index is 791. The average Bonchev–Trinajstić information content (AvgIpc) is 2.60. The molecular weight excluding hydrogens is 417 g/mol. The van der Waals surface area contributed by atoms with E-state index in [2.05, 4.69) is 15.2 Å². The first kappa shape index (κ1) is 25.6. The molecule has 2 amide bonds. The van der Waals surface area contributed by atoms with E-state index in [0.717, 1.165) is 0 Å². The molecule has 0 aromatic heterocycles. The fraction of sp³-hybridized carbons (Fsp3) is 0.500. The first-order chi connectivity index (χ1) is 13.8. The van der Waals surface area contributed by atoms with Gasteiger partial charge in [-0.15, -0.1) is 0 Å². The van der Waals surface area contributed by atoms with Gasteiger partial charge in [-0.25, -0.2) is 9.36 Å². The van der Waals surface area contributed by atoms with Gasteiger partial charge < -0.3 is 26.0 Å². The van der Waals surface area contributed by atoms with Gasteiger partial charge in [0.15, 0.2) is 0 Å². The van der Waals surface area contributed by atoms with Crippen LogP contribution in [0.2, 0.25) is 0 Å². The number of carboxylic acids is 1. The molecule has 11 nitrogen and oxygen atoms in total. The zero-order valence-corrected chi connectivity index (χ0v) is 17.8. The number of rotatable bonds is 11. The highest BCUT2D eigenvalue weighted by atomic mass is 31.2. The van der Waals surface area contributed by atoms with Gasteiger partial charge in [-0.3, -0.25) is 19.4 Å². The van der Waals surface area contributed by atoms with E-state index < -0.39 is 43.7 Å². The molecular formula is C18H28N3O8P. The van der Waals surface area contributed by atoms with E-state index in [-0.39, 0.29) is 24.5 Å². The zero-order chi connectivity index (χ0) is 23.1. The number of nitrogens with two attached hydrogens (primary N) is 1. The second-order valence-electron chi connectivity index (χ2n) is 7.31. The molecule has 1 rings (SSSR count). The van der Waals surface area contributed by atoms with Crippen LogP contribution in [-0.2, 0) is 25.4 Å². The summed E-state index contributed by atoms with van der Waals surface area (Å²) in [5, 5.41) is 14.3. The lowest BCUT2D eigenvalue weighted by Gasteiger charge is -2.23. The number of nitrogens with one attached hydrogen (secondary N) is 2. The maximum Gasteiger partial charge on any atom is 0.524 e. The van der Waals surface area contributed by atoms with Crippen LogP contribution in [-0.4, -0.2) is 50.8 Å². The number of amides is 2. The van der Waals surface area contributed by atoms with Crippen LogP contribution >= 0.6 is 7.82 Å². The Kier molecular flexibility index (Phi) is 9.44. The van der Waals surface area contributed by atoms with Crippen molar-refractivity contribution in [2.45, 2.75) is 51.7 Å². The van der Waals surface area contributed by atoms with Crippen molar-refractivity contribution in [2.75, 3.05) is 0 Å². The first-order valence-corrected chi connectivity index (χ1v) is 10.7. The first-order valence-electron chi connectivity index (χ1n) is 9.21. The number of carboxylic acid groups (broad SMARTS) is 1. The van der Waals surface area contributed by atoms with Crippen molar-refractivity contribution in [3.05, 3.63) is 29.8 Å². The molecule has 0 heterocycles. The molecule has 1 aromatic rings. The fourth-order valence-electron chi connectivity index (χ4n) is 2.54. The summed E-state index contributed by atoms with van der Waals surface area (Å²) in [6.45, 7) is 5.08. The van der Waals surface area contributed by atoms with Crippen LogP contribution in [0.4, 0.5) is 0 Å². The topological polar surface area (TPSA) is 188 Å². The highest BCUT2D eigenvalue weighted by Crippen LogP contribution is 2.37. The Hall–Kier alpha value is -2.46. The van der Waals surface area contributed by atoms with Crippen LogP contribution in [0.5, 0.6) is 5.75 Å².